The van der Waals surface area contributed by atoms with Crippen LogP contribution in [0.2, 0.25) is 18.1 Å². The van der Waals surface area contributed by atoms with Crippen LogP contribution in [-0.4, -0.2) is 32.5 Å². The molecule has 0 saturated carbocycles. The van der Waals surface area contributed by atoms with Crippen molar-refractivity contribution in [2.75, 3.05) is 13.2 Å². The molecule has 168 valence electrons. The number of aromatic nitrogens is 1. The molecule has 0 aliphatic carbocycles. The first kappa shape index (κ1) is 26.0. The summed E-state index contributed by atoms with van der Waals surface area (Å²) >= 11 is 0. The number of H-pyrrole nitrogens is 1. The van der Waals surface area contributed by atoms with Gasteiger partial charge in [0.05, 0.1) is 6.61 Å². The normalized spacial score (nSPS) is 12.3. The number of nitrogens with one attached hydrogen (secondary N) is 1. The van der Waals surface area contributed by atoms with Crippen LogP contribution in [-0.2, 0) is 15.6 Å². The molecule has 0 radical (unpaired) electrons. The van der Waals surface area contributed by atoms with E-state index in [4.69, 9.17) is 9.16 Å². The standard InChI is InChI=1S/C24H45NO3Si/c1-7-27-23(26)22-19-18-21(25-22)17-15-13-11-9-8-10-12-14-16-20-28-29(5,6)24(2,3)4/h18-19,25H,7-17,20H2,1-6H3. The second-order valence-corrected chi connectivity index (χ2v) is 14.5. The first-order valence-corrected chi connectivity index (χ1v) is 14.6. The lowest BCUT2D eigenvalue weighted by Gasteiger charge is -2.36. The number of aromatic amines is 1. The van der Waals surface area contributed by atoms with Gasteiger partial charge >= 0.3 is 5.97 Å². The van der Waals surface area contributed by atoms with Crippen LogP contribution in [0.5, 0.6) is 0 Å². The Morgan fingerprint density at radius 1 is 0.931 bits per heavy atom. The summed E-state index contributed by atoms with van der Waals surface area (Å²) < 4.78 is 11.2. The Bertz CT molecular complexity index is 575. The number of esters is 1. The van der Waals surface area contributed by atoms with E-state index in [-0.39, 0.29) is 5.97 Å². The lowest BCUT2D eigenvalue weighted by atomic mass is 10.1. The summed E-state index contributed by atoms with van der Waals surface area (Å²) in [5.41, 5.74) is 1.70. The molecule has 0 aliphatic heterocycles. The summed E-state index contributed by atoms with van der Waals surface area (Å²) in [6.45, 7) is 14.8. The van der Waals surface area contributed by atoms with E-state index in [9.17, 15) is 4.79 Å². The fourth-order valence-electron chi connectivity index (χ4n) is 3.11. The highest BCUT2D eigenvalue weighted by atomic mass is 28.4. The minimum absolute atomic E-state index is 0.259. The summed E-state index contributed by atoms with van der Waals surface area (Å²) in [6, 6.07) is 3.83. The monoisotopic (exact) mass is 423 g/mol. The molecule has 0 spiro atoms. The van der Waals surface area contributed by atoms with Gasteiger partial charge in [-0.1, -0.05) is 65.7 Å². The van der Waals surface area contributed by atoms with Crippen molar-refractivity contribution in [3.8, 4) is 0 Å². The molecule has 0 atom stereocenters. The molecule has 0 amide bonds. The SMILES string of the molecule is CCOC(=O)c1ccc(CCCCCCCCCCCO[Si](C)(C)C(C)(C)C)[nH]1. The van der Waals surface area contributed by atoms with E-state index in [1.54, 1.807) is 0 Å². The average molecular weight is 424 g/mol. The first-order chi connectivity index (χ1) is 13.7. The van der Waals surface area contributed by atoms with Crippen molar-refractivity contribution in [3.63, 3.8) is 0 Å². The van der Waals surface area contributed by atoms with Gasteiger partial charge in [-0.3, -0.25) is 0 Å². The third-order valence-corrected chi connectivity index (χ3v) is 10.6. The Morgan fingerprint density at radius 3 is 2.03 bits per heavy atom. The van der Waals surface area contributed by atoms with Crippen molar-refractivity contribution in [1.82, 2.24) is 4.98 Å². The van der Waals surface area contributed by atoms with Crippen LogP contribution in [0.3, 0.4) is 0 Å². The molecule has 0 bridgehead atoms. The minimum Gasteiger partial charge on any atom is -0.461 e. The van der Waals surface area contributed by atoms with Crippen LogP contribution in [0.25, 0.3) is 0 Å². The molecule has 1 aromatic rings. The molecule has 0 aliphatic rings. The van der Waals surface area contributed by atoms with E-state index in [0.29, 0.717) is 17.3 Å². The van der Waals surface area contributed by atoms with Gasteiger partial charge in [0.2, 0.25) is 0 Å². The number of ether oxygens (including phenoxy) is 1. The zero-order chi connectivity index (χ0) is 21.8. The van der Waals surface area contributed by atoms with Crippen molar-refractivity contribution in [2.24, 2.45) is 0 Å². The van der Waals surface area contributed by atoms with E-state index >= 15 is 0 Å². The zero-order valence-electron chi connectivity index (χ0n) is 19.9. The Labute approximate surface area is 180 Å². The Kier molecular flexibility index (Phi) is 11.9. The quantitative estimate of drug-likeness (QED) is 0.183. The largest absolute Gasteiger partial charge is 0.461 e. The molecule has 1 heterocycles. The van der Waals surface area contributed by atoms with Gasteiger partial charge in [0.15, 0.2) is 8.32 Å². The molecule has 0 saturated heterocycles. The summed E-state index contributed by atoms with van der Waals surface area (Å²) in [5.74, 6) is -0.259. The van der Waals surface area contributed by atoms with Crippen molar-refractivity contribution in [2.45, 2.75) is 110 Å². The van der Waals surface area contributed by atoms with E-state index in [1.807, 2.05) is 19.1 Å². The molecule has 4 nitrogen and oxygen atoms in total. The van der Waals surface area contributed by atoms with E-state index in [2.05, 4.69) is 38.8 Å². The van der Waals surface area contributed by atoms with Gasteiger partial charge in [0.25, 0.3) is 0 Å². The Balaban J connectivity index is 1.95. The second kappa shape index (κ2) is 13.3. The van der Waals surface area contributed by atoms with Crippen LogP contribution >= 0.6 is 0 Å². The van der Waals surface area contributed by atoms with Gasteiger partial charge in [-0.2, -0.15) is 0 Å². The fourth-order valence-corrected chi connectivity index (χ4v) is 4.20. The molecular weight excluding hydrogens is 378 g/mol. The molecule has 0 fully saturated rings. The van der Waals surface area contributed by atoms with E-state index in [0.717, 1.165) is 18.7 Å². The lowest BCUT2D eigenvalue weighted by Crippen LogP contribution is -2.40. The number of aryl methyl sites for hydroxylation is 1. The van der Waals surface area contributed by atoms with Crippen molar-refractivity contribution in [3.05, 3.63) is 23.5 Å². The zero-order valence-corrected chi connectivity index (χ0v) is 20.9. The number of rotatable bonds is 15. The molecule has 29 heavy (non-hydrogen) atoms. The van der Waals surface area contributed by atoms with Crippen LogP contribution < -0.4 is 0 Å². The van der Waals surface area contributed by atoms with Gasteiger partial charge in [0, 0.05) is 12.3 Å². The van der Waals surface area contributed by atoms with Gasteiger partial charge in [-0.25, -0.2) is 4.79 Å². The molecule has 1 N–H and O–H groups in total. The van der Waals surface area contributed by atoms with Crippen LogP contribution in [0.15, 0.2) is 12.1 Å². The number of hydrogen-bond acceptors (Lipinski definition) is 3. The number of carbonyl (C=O) groups is 1. The summed E-state index contributed by atoms with van der Waals surface area (Å²) in [5, 5.41) is 0.317. The van der Waals surface area contributed by atoms with E-state index in [1.165, 1.54) is 57.8 Å². The maximum absolute atomic E-state index is 11.6. The number of carbonyl (C=O) groups excluding carboxylic acids is 1. The number of hydrogen-bond donors (Lipinski definition) is 1. The predicted molar refractivity (Wildman–Crippen MR) is 125 cm³/mol. The van der Waals surface area contributed by atoms with Crippen molar-refractivity contribution >= 4 is 14.3 Å². The van der Waals surface area contributed by atoms with Crippen LogP contribution in [0, 0.1) is 0 Å². The molecular formula is C24H45NO3Si. The van der Waals surface area contributed by atoms with Crippen molar-refractivity contribution in [1.29, 1.82) is 0 Å². The first-order valence-electron chi connectivity index (χ1n) is 11.7. The van der Waals surface area contributed by atoms with Crippen LogP contribution in [0.4, 0.5) is 0 Å². The van der Waals surface area contributed by atoms with Gasteiger partial charge in [-0.15, -0.1) is 0 Å². The van der Waals surface area contributed by atoms with Crippen molar-refractivity contribution < 1.29 is 14.0 Å². The lowest BCUT2D eigenvalue weighted by molar-refractivity contribution is 0.0520. The highest BCUT2D eigenvalue weighted by molar-refractivity contribution is 6.74. The smallest absolute Gasteiger partial charge is 0.354 e. The molecule has 0 aromatic carbocycles. The molecule has 0 unspecified atom stereocenters. The topological polar surface area (TPSA) is 51.3 Å². The second-order valence-electron chi connectivity index (χ2n) is 9.66. The fraction of sp³-hybridized carbons (Fsp3) is 0.792. The average Bonchev–Trinajstić information content (AvgIpc) is 3.11. The molecule has 1 aromatic heterocycles. The third-order valence-electron chi connectivity index (χ3n) is 6.10. The Hall–Kier alpha value is -1.07. The van der Waals surface area contributed by atoms with Gasteiger partial charge < -0.3 is 14.1 Å². The maximum atomic E-state index is 11.6. The van der Waals surface area contributed by atoms with Crippen LogP contribution in [0.1, 0.15) is 102 Å². The van der Waals surface area contributed by atoms with Gasteiger partial charge in [0.1, 0.15) is 5.69 Å². The summed E-state index contributed by atoms with van der Waals surface area (Å²) in [4.78, 5) is 14.8. The third kappa shape index (κ3) is 10.5. The highest BCUT2D eigenvalue weighted by Gasteiger charge is 2.36. The summed E-state index contributed by atoms with van der Waals surface area (Å²) in [7, 11) is -1.56. The van der Waals surface area contributed by atoms with Gasteiger partial charge in [-0.05, 0) is 56.5 Å². The minimum atomic E-state index is -1.56. The predicted octanol–water partition coefficient (Wildman–Crippen LogP) is 7.27. The molecule has 1 rings (SSSR count). The molecule has 5 heteroatoms. The highest BCUT2D eigenvalue weighted by Crippen LogP contribution is 2.36. The van der Waals surface area contributed by atoms with E-state index < -0.39 is 8.32 Å². The number of unbranched alkanes of at least 4 members (excludes halogenated alkanes) is 8. The Morgan fingerprint density at radius 2 is 1.48 bits per heavy atom. The maximum Gasteiger partial charge on any atom is 0.354 e. The summed E-state index contributed by atoms with van der Waals surface area (Å²) in [6.07, 6.45) is 12.6.